The molecule has 0 spiro atoms. The summed E-state index contributed by atoms with van der Waals surface area (Å²) < 4.78 is 0. The van der Waals surface area contributed by atoms with E-state index >= 15 is 0 Å². The van der Waals surface area contributed by atoms with Crippen LogP contribution in [0.1, 0.15) is 58.8 Å². The van der Waals surface area contributed by atoms with Crippen LogP contribution < -0.4 is 5.32 Å². The number of amides is 1. The fourth-order valence-electron chi connectivity index (χ4n) is 2.63. The van der Waals surface area contributed by atoms with Crippen LogP contribution in [0.25, 0.3) is 0 Å². The van der Waals surface area contributed by atoms with Crippen LogP contribution in [-0.4, -0.2) is 17.3 Å². The van der Waals surface area contributed by atoms with Crippen LogP contribution in [0.5, 0.6) is 0 Å². The van der Waals surface area contributed by atoms with Gasteiger partial charge in [-0.15, -0.1) is 0 Å². The summed E-state index contributed by atoms with van der Waals surface area (Å²) in [5.41, 5.74) is -0.0390. The van der Waals surface area contributed by atoms with Crippen molar-refractivity contribution in [3.05, 3.63) is 0 Å². The highest BCUT2D eigenvalue weighted by atomic mass is 79.9. The van der Waals surface area contributed by atoms with Crippen molar-refractivity contribution in [1.82, 2.24) is 5.32 Å². The van der Waals surface area contributed by atoms with Crippen LogP contribution in [-0.2, 0) is 4.79 Å². The molecular formula is C13H24BrNO. The first-order chi connectivity index (χ1) is 7.64. The monoisotopic (exact) mass is 289 g/mol. The Hall–Kier alpha value is -0.0500. The molecule has 2 nitrogen and oxygen atoms in total. The van der Waals surface area contributed by atoms with Gasteiger partial charge >= 0.3 is 0 Å². The molecule has 0 bridgehead atoms. The van der Waals surface area contributed by atoms with Crippen molar-refractivity contribution in [2.45, 2.75) is 64.8 Å². The van der Waals surface area contributed by atoms with Gasteiger partial charge in [0, 0.05) is 16.8 Å². The van der Waals surface area contributed by atoms with Crippen molar-refractivity contribution in [1.29, 1.82) is 0 Å². The fourth-order valence-corrected chi connectivity index (χ4v) is 2.95. The molecule has 0 aromatic rings. The number of halogens is 1. The lowest BCUT2D eigenvalue weighted by molar-refractivity contribution is -0.131. The second-order valence-corrected chi connectivity index (χ2v) is 5.84. The van der Waals surface area contributed by atoms with Gasteiger partial charge in [-0.05, 0) is 39.0 Å². The smallest absolute Gasteiger partial charge is 0.226 e. The minimum atomic E-state index is -0.0390. The number of alkyl halides is 1. The Balaban J connectivity index is 2.43. The fraction of sp³-hybridized carbons (Fsp3) is 0.923. The number of carbonyl (C=O) groups excluding carboxylic acids is 1. The van der Waals surface area contributed by atoms with E-state index in [1.54, 1.807) is 0 Å². The molecule has 1 aliphatic carbocycles. The van der Waals surface area contributed by atoms with Crippen molar-refractivity contribution >= 4 is 21.8 Å². The van der Waals surface area contributed by atoms with E-state index in [-0.39, 0.29) is 5.41 Å². The van der Waals surface area contributed by atoms with E-state index < -0.39 is 0 Å². The third-order valence-corrected chi connectivity index (χ3v) is 4.43. The molecule has 3 heteroatoms. The number of hydrogen-bond acceptors (Lipinski definition) is 1. The average Bonchev–Trinajstić information content (AvgIpc) is 2.76. The predicted molar refractivity (Wildman–Crippen MR) is 71.8 cm³/mol. The van der Waals surface area contributed by atoms with Gasteiger partial charge < -0.3 is 5.32 Å². The van der Waals surface area contributed by atoms with Crippen molar-refractivity contribution in [3.8, 4) is 0 Å². The summed E-state index contributed by atoms with van der Waals surface area (Å²) in [5.74, 6) is 0.301. The Bertz CT molecular complexity index is 224. The maximum atomic E-state index is 12.2. The third kappa shape index (κ3) is 3.47. The first kappa shape index (κ1) is 14.0. The number of rotatable bonds is 6. The first-order valence-electron chi connectivity index (χ1n) is 6.51. The maximum Gasteiger partial charge on any atom is 0.226 e. The lowest BCUT2D eigenvalue weighted by atomic mass is 9.82. The zero-order chi connectivity index (χ0) is 12.0. The molecule has 1 amide bonds. The predicted octanol–water partition coefficient (Wildman–Crippen LogP) is 3.64. The molecule has 0 aliphatic heterocycles. The summed E-state index contributed by atoms with van der Waals surface area (Å²) in [6.45, 7) is 4.26. The van der Waals surface area contributed by atoms with Gasteiger partial charge in [0.15, 0.2) is 0 Å². The van der Waals surface area contributed by atoms with Gasteiger partial charge in [0.25, 0.3) is 0 Å². The number of hydrogen-bond donors (Lipinski definition) is 1. The van der Waals surface area contributed by atoms with Crippen molar-refractivity contribution < 1.29 is 4.79 Å². The summed E-state index contributed by atoms with van der Waals surface area (Å²) in [7, 11) is 0. The largest absolute Gasteiger partial charge is 0.353 e. The molecule has 0 radical (unpaired) electrons. The molecule has 1 unspecified atom stereocenters. The van der Waals surface area contributed by atoms with Crippen molar-refractivity contribution in [2.24, 2.45) is 5.41 Å². The summed E-state index contributed by atoms with van der Waals surface area (Å²) in [4.78, 5) is 12.2. The maximum absolute atomic E-state index is 12.2. The van der Waals surface area contributed by atoms with E-state index in [1.165, 1.54) is 12.8 Å². The summed E-state index contributed by atoms with van der Waals surface area (Å²) in [6, 6.07) is 0.314. The van der Waals surface area contributed by atoms with Gasteiger partial charge in [0.05, 0.1) is 0 Å². The SMILES string of the molecule is CCC1(C(=O)NC(C)CCCBr)CCCC1. The molecular weight excluding hydrogens is 266 g/mol. The van der Waals surface area contributed by atoms with E-state index in [4.69, 9.17) is 0 Å². The standard InChI is InChI=1S/C13H24BrNO/c1-3-13(8-4-5-9-13)12(16)15-11(2)7-6-10-14/h11H,3-10H2,1-2H3,(H,15,16). The third-order valence-electron chi connectivity index (χ3n) is 3.87. The van der Waals surface area contributed by atoms with Crippen LogP contribution in [0.15, 0.2) is 0 Å². The molecule has 1 saturated carbocycles. The highest BCUT2D eigenvalue weighted by Crippen LogP contribution is 2.41. The minimum absolute atomic E-state index is 0.0390. The highest BCUT2D eigenvalue weighted by Gasteiger charge is 2.39. The zero-order valence-corrected chi connectivity index (χ0v) is 12.1. The van der Waals surface area contributed by atoms with E-state index in [9.17, 15) is 4.79 Å². The van der Waals surface area contributed by atoms with Gasteiger partial charge in [-0.25, -0.2) is 0 Å². The van der Waals surface area contributed by atoms with Crippen LogP contribution in [0, 0.1) is 5.41 Å². The highest BCUT2D eigenvalue weighted by molar-refractivity contribution is 9.09. The van der Waals surface area contributed by atoms with Gasteiger partial charge in [-0.1, -0.05) is 35.7 Å². The van der Waals surface area contributed by atoms with Crippen LogP contribution in [0.3, 0.4) is 0 Å². The Kier molecular flexibility index (Phi) is 5.81. The van der Waals surface area contributed by atoms with Crippen LogP contribution in [0.2, 0.25) is 0 Å². The quantitative estimate of drug-likeness (QED) is 0.743. The van der Waals surface area contributed by atoms with Crippen molar-refractivity contribution in [3.63, 3.8) is 0 Å². The Morgan fingerprint density at radius 1 is 1.44 bits per heavy atom. The number of carbonyl (C=O) groups is 1. The molecule has 1 rings (SSSR count). The van der Waals surface area contributed by atoms with Gasteiger partial charge in [0.2, 0.25) is 5.91 Å². The average molecular weight is 290 g/mol. The first-order valence-corrected chi connectivity index (χ1v) is 7.63. The molecule has 0 aromatic carbocycles. The van der Waals surface area contributed by atoms with Crippen LogP contribution in [0.4, 0.5) is 0 Å². The molecule has 0 aromatic heterocycles. The molecule has 16 heavy (non-hydrogen) atoms. The van der Waals surface area contributed by atoms with E-state index in [1.807, 2.05) is 0 Å². The topological polar surface area (TPSA) is 29.1 Å². The van der Waals surface area contributed by atoms with E-state index in [0.29, 0.717) is 11.9 Å². The van der Waals surface area contributed by atoms with Gasteiger partial charge in [-0.2, -0.15) is 0 Å². The van der Waals surface area contributed by atoms with Gasteiger partial charge in [0.1, 0.15) is 0 Å². The molecule has 0 heterocycles. The second-order valence-electron chi connectivity index (χ2n) is 5.05. The molecule has 94 valence electrons. The van der Waals surface area contributed by atoms with E-state index in [2.05, 4.69) is 35.1 Å². The Morgan fingerprint density at radius 2 is 2.06 bits per heavy atom. The Labute approximate surface area is 108 Å². The molecule has 1 fully saturated rings. The Morgan fingerprint density at radius 3 is 2.56 bits per heavy atom. The molecule has 0 saturated heterocycles. The molecule has 1 N–H and O–H groups in total. The van der Waals surface area contributed by atoms with Gasteiger partial charge in [-0.3, -0.25) is 4.79 Å². The summed E-state index contributed by atoms with van der Waals surface area (Å²) >= 11 is 3.42. The van der Waals surface area contributed by atoms with Crippen LogP contribution >= 0.6 is 15.9 Å². The summed E-state index contributed by atoms with van der Waals surface area (Å²) in [6.07, 6.45) is 7.79. The van der Waals surface area contributed by atoms with E-state index in [0.717, 1.165) is 37.4 Å². The lowest BCUT2D eigenvalue weighted by Gasteiger charge is -2.28. The molecule has 1 aliphatic rings. The zero-order valence-electron chi connectivity index (χ0n) is 10.5. The normalized spacial score (nSPS) is 20.7. The van der Waals surface area contributed by atoms with Crippen molar-refractivity contribution in [2.75, 3.05) is 5.33 Å². The minimum Gasteiger partial charge on any atom is -0.353 e. The summed E-state index contributed by atoms with van der Waals surface area (Å²) in [5, 5.41) is 4.21. The second kappa shape index (κ2) is 6.63. The lowest BCUT2D eigenvalue weighted by Crippen LogP contribution is -2.43. The molecule has 1 atom stereocenters. The number of nitrogens with one attached hydrogen (secondary N) is 1.